The summed E-state index contributed by atoms with van der Waals surface area (Å²) >= 11 is 6.09. The van der Waals surface area contributed by atoms with Gasteiger partial charge in [-0.05, 0) is 36.4 Å². The van der Waals surface area contributed by atoms with E-state index in [0.717, 1.165) is 5.69 Å². The van der Waals surface area contributed by atoms with Gasteiger partial charge in [0.25, 0.3) is 5.91 Å². The number of carbonyl (C=O) groups excluding carboxylic acids is 2. The van der Waals surface area contributed by atoms with E-state index in [9.17, 15) is 9.59 Å². The van der Waals surface area contributed by atoms with Gasteiger partial charge in [-0.1, -0.05) is 11.6 Å². The number of ether oxygens (including phenoxy) is 3. The molecule has 0 unspecified atom stereocenters. The van der Waals surface area contributed by atoms with Crippen LogP contribution in [0.5, 0.6) is 5.75 Å². The van der Waals surface area contributed by atoms with Crippen molar-refractivity contribution in [3.05, 3.63) is 52.5 Å². The quantitative estimate of drug-likeness (QED) is 0.771. The summed E-state index contributed by atoms with van der Waals surface area (Å²) in [5.74, 6) is -0.328. The Morgan fingerprint density at radius 2 is 1.86 bits per heavy atom. The van der Waals surface area contributed by atoms with Gasteiger partial charge in [0.15, 0.2) is 0 Å². The first-order chi connectivity index (χ1) is 13.5. The maximum atomic E-state index is 12.5. The van der Waals surface area contributed by atoms with E-state index in [1.54, 1.807) is 30.3 Å². The van der Waals surface area contributed by atoms with Crippen molar-refractivity contribution in [1.82, 2.24) is 0 Å². The molecule has 8 heteroatoms. The zero-order chi connectivity index (χ0) is 20.1. The summed E-state index contributed by atoms with van der Waals surface area (Å²) in [5.41, 5.74) is 1.99. The lowest BCUT2D eigenvalue weighted by Gasteiger charge is -2.30. The number of methoxy groups -OCH3 is 2. The van der Waals surface area contributed by atoms with E-state index in [0.29, 0.717) is 53.9 Å². The van der Waals surface area contributed by atoms with Crippen molar-refractivity contribution in [2.24, 2.45) is 0 Å². The summed E-state index contributed by atoms with van der Waals surface area (Å²) in [6, 6.07) is 9.93. The highest BCUT2D eigenvalue weighted by molar-refractivity contribution is 6.32. The van der Waals surface area contributed by atoms with Gasteiger partial charge < -0.3 is 24.4 Å². The molecule has 0 spiro atoms. The molecule has 7 nitrogen and oxygen atoms in total. The van der Waals surface area contributed by atoms with Gasteiger partial charge in [-0.2, -0.15) is 0 Å². The van der Waals surface area contributed by atoms with Gasteiger partial charge >= 0.3 is 5.97 Å². The van der Waals surface area contributed by atoms with Crippen LogP contribution in [-0.4, -0.2) is 52.4 Å². The van der Waals surface area contributed by atoms with Crippen LogP contribution in [0.15, 0.2) is 36.4 Å². The van der Waals surface area contributed by atoms with Crippen LogP contribution in [-0.2, 0) is 9.47 Å². The number of amides is 1. The Morgan fingerprint density at radius 1 is 1.11 bits per heavy atom. The van der Waals surface area contributed by atoms with E-state index >= 15 is 0 Å². The summed E-state index contributed by atoms with van der Waals surface area (Å²) in [6.45, 7) is 2.55. The molecule has 148 valence electrons. The minimum atomic E-state index is -0.468. The fraction of sp³-hybridized carbons (Fsp3) is 0.300. The third-order valence-electron chi connectivity index (χ3n) is 4.43. The number of hydrogen-bond acceptors (Lipinski definition) is 6. The number of esters is 1. The molecule has 1 aliphatic rings. The summed E-state index contributed by atoms with van der Waals surface area (Å²) < 4.78 is 15.4. The molecule has 1 fully saturated rings. The topological polar surface area (TPSA) is 77.1 Å². The molecule has 0 aliphatic carbocycles. The maximum Gasteiger partial charge on any atom is 0.340 e. The molecule has 1 heterocycles. The van der Waals surface area contributed by atoms with Crippen LogP contribution in [0.4, 0.5) is 11.4 Å². The lowest BCUT2D eigenvalue weighted by atomic mass is 10.1. The van der Waals surface area contributed by atoms with Crippen LogP contribution in [0, 0.1) is 0 Å². The molecule has 0 saturated carbocycles. The standard InChI is InChI=1S/C20H21ClN2O5/c1-26-18-6-3-13(11-16(18)21)19(24)22-14-4-5-17(15(12-14)20(25)27-2)23-7-9-28-10-8-23/h3-6,11-12H,7-10H2,1-2H3,(H,22,24). The van der Waals surface area contributed by atoms with Gasteiger partial charge in [0, 0.05) is 24.3 Å². The Balaban J connectivity index is 1.84. The second-order valence-corrected chi connectivity index (χ2v) is 6.53. The van der Waals surface area contributed by atoms with Crippen LogP contribution in [0.3, 0.4) is 0 Å². The third-order valence-corrected chi connectivity index (χ3v) is 4.72. The van der Waals surface area contributed by atoms with Crippen LogP contribution in [0.2, 0.25) is 5.02 Å². The largest absolute Gasteiger partial charge is 0.495 e. The molecule has 1 aliphatic heterocycles. The van der Waals surface area contributed by atoms with Crippen LogP contribution in [0.25, 0.3) is 0 Å². The Hall–Kier alpha value is -2.77. The molecule has 2 aromatic rings. The number of anilines is 2. The fourth-order valence-electron chi connectivity index (χ4n) is 2.98. The molecule has 0 bridgehead atoms. The number of nitrogens with zero attached hydrogens (tertiary/aromatic N) is 1. The zero-order valence-electron chi connectivity index (χ0n) is 15.7. The molecule has 1 amide bonds. The third kappa shape index (κ3) is 4.37. The van der Waals surface area contributed by atoms with Crippen molar-refractivity contribution < 1.29 is 23.8 Å². The van der Waals surface area contributed by atoms with E-state index < -0.39 is 5.97 Å². The molecular weight excluding hydrogens is 384 g/mol. The van der Waals surface area contributed by atoms with Gasteiger partial charge in [0.1, 0.15) is 5.75 Å². The smallest absolute Gasteiger partial charge is 0.340 e. The average Bonchev–Trinajstić information content (AvgIpc) is 2.73. The van der Waals surface area contributed by atoms with Gasteiger partial charge in [0.05, 0.1) is 43.7 Å². The van der Waals surface area contributed by atoms with E-state index in [-0.39, 0.29) is 5.91 Å². The lowest BCUT2D eigenvalue weighted by molar-refractivity contribution is 0.0600. The lowest BCUT2D eigenvalue weighted by Crippen LogP contribution is -2.37. The van der Waals surface area contributed by atoms with Crippen LogP contribution in [0.1, 0.15) is 20.7 Å². The van der Waals surface area contributed by atoms with E-state index in [1.807, 2.05) is 0 Å². The predicted octanol–water partition coefficient (Wildman–Crippen LogP) is 3.22. The van der Waals surface area contributed by atoms with Crippen molar-refractivity contribution >= 4 is 34.9 Å². The minimum absolute atomic E-state index is 0.341. The molecule has 3 rings (SSSR count). The Bertz CT molecular complexity index is 881. The number of hydrogen-bond donors (Lipinski definition) is 1. The highest BCUT2D eigenvalue weighted by Crippen LogP contribution is 2.28. The highest BCUT2D eigenvalue weighted by atomic mass is 35.5. The van der Waals surface area contributed by atoms with Crippen molar-refractivity contribution in [2.45, 2.75) is 0 Å². The van der Waals surface area contributed by atoms with E-state index in [4.69, 9.17) is 25.8 Å². The number of benzene rings is 2. The van der Waals surface area contributed by atoms with Crippen molar-refractivity contribution in [1.29, 1.82) is 0 Å². The van der Waals surface area contributed by atoms with Gasteiger partial charge in [-0.3, -0.25) is 4.79 Å². The SMILES string of the molecule is COC(=O)c1cc(NC(=O)c2ccc(OC)c(Cl)c2)ccc1N1CCOCC1. The van der Waals surface area contributed by atoms with Crippen molar-refractivity contribution in [2.75, 3.05) is 50.7 Å². The first-order valence-electron chi connectivity index (χ1n) is 8.73. The Kier molecular flexibility index (Phi) is 6.38. The first kappa shape index (κ1) is 20.0. The van der Waals surface area contributed by atoms with Gasteiger partial charge in [-0.15, -0.1) is 0 Å². The number of halogens is 1. The first-order valence-corrected chi connectivity index (χ1v) is 9.11. The number of carbonyl (C=O) groups is 2. The summed E-state index contributed by atoms with van der Waals surface area (Å²) in [4.78, 5) is 26.9. The summed E-state index contributed by atoms with van der Waals surface area (Å²) in [7, 11) is 2.83. The second-order valence-electron chi connectivity index (χ2n) is 6.13. The molecular formula is C20H21ClN2O5. The van der Waals surface area contributed by atoms with Crippen molar-refractivity contribution in [3.8, 4) is 5.75 Å². The highest BCUT2D eigenvalue weighted by Gasteiger charge is 2.20. The summed E-state index contributed by atoms with van der Waals surface area (Å²) in [5, 5.41) is 3.12. The predicted molar refractivity (Wildman–Crippen MR) is 107 cm³/mol. The molecule has 0 atom stereocenters. The van der Waals surface area contributed by atoms with E-state index in [1.165, 1.54) is 20.3 Å². The van der Waals surface area contributed by atoms with Gasteiger partial charge in [0.2, 0.25) is 0 Å². The molecule has 0 radical (unpaired) electrons. The monoisotopic (exact) mass is 404 g/mol. The molecule has 2 aromatic carbocycles. The number of rotatable bonds is 5. The summed E-state index contributed by atoms with van der Waals surface area (Å²) in [6.07, 6.45) is 0. The Morgan fingerprint density at radius 3 is 2.50 bits per heavy atom. The zero-order valence-corrected chi connectivity index (χ0v) is 16.4. The maximum absolute atomic E-state index is 12.5. The van der Waals surface area contributed by atoms with Crippen LogP contribution >= 0.6 is 11.6 Å². The van der Waals surface area contributed by atoms with Gasteiger partial charge in [-0.25, -0.2) is 4.79 Å². The average molecular weight is 405 g/mol. The molecule has 1 N–H and O–H groups in total. The van der Waals surface area contributed by atoms with Crippen molar-refractivity contribution in [3.63, 3.8) is 0 Å². The minimum Gasteiger partial charge on any atom is -0.495 e. The second kappa shape index (κ2) is 8.95. The van der Waals surface area contributed by atoms with E-state index in [2.05, 4.69) is 10.2 Å². The Labute approximate surface area is 168 Å². The normalized spacial score (nSPS) is 13.8. The number of nitrogens with one attached hydrogen (secondary N) is 1. The van der Waals surface area contributed by atoms with Crippen LogP contribution < -0.4 is 15.0 Å². The molecule has 0 aromatic heterocycles. The fourth-order valence-corrected chi connectivity index (χ4v) is 3.24. The molecule has 28 heavy (non-hydrogen) atoms. The number of morpholine rings is 1. The molecule has 1 saturated heterocycles.